The standard InChI is InChI=1S/C20H23F6N7O4/c21-19(22,23)12-3-27-4-14(32-12)31-10-8-36-11(18(35)17(10)34)9-37-16-6-29-15(5-30-16)33-2-1-28-13(7-33)20(24,25)26/h3-6,10-11,13,17-18,28,34-35H,1-2,7-9H2,(H,31,32)/t10-,11+,13?,17+,18-/m0/s1. The van der Waals surface area contributed by atoms with E-state index in [4.69, 9.17) is 9.47 Å². The van der Waals surface area contributed by atoms with Crippen molar-refractivity contribution in [2.45, 2.75) is 42.7 Å². The summed E-state index contributed by atoms with van der Waals surface area (Å²) < 4.78 is 88.3. The lowest BCUT2D eigenvalue weighted by Gasteiger charge is -2.37. The zero-order chi connectivity index (χ0) is 26.8. The van der Waals surface area contributed by atoms with Crippen molar-refractivity contribution < 1.29 is 46.0 Å². The fraction of sp³-hybridized carbons (Fsp3) is 0.600. The number of hydrogen-bond acceptors (Lipinski definition) is 11. The van der Waals surface area contributed by atoms with Gasteiger partial charge >= 0.3 is 12.4 Å². The normalized spacial score (nSPS) is 27.1. The van der Waals surface area contributed by atoms with E-state index in [0.717, 1.165) is 6.20 Å². The molecule has 2 aliphatic rings. The predicted octanol–water partition coefficient (Wildman–Crippen LogP) is 0.606. The van der Waals surface area contributed by atoms with Gasteiger partial charge in [0.25, 0.3) is 0 Å². The van der Waals surface area contributed by atoms with Gasteiger partial charge in [-0.15, -0.1) is 0 Å². The molecule has 0 aliphatic carbocycles. The molecule has 11 nitrogen and oxygen atoms in total. The fourth-order valence-electron chi connectivity index (χ4n) is 3.81. The molecule has 1 unspecified atom stereocenters. The molecule has 4 rings (SSSR count). The first kappa shape index (κ1) is 27.0. The number of nitrogens with one attached hydrogen (secondary N) is 2. The number of aromatic nitrogens is 4. The van der Waals surface area contributed by atoms with Gasteiger partial charge in [-0.2, -0.15) is 26.3 Å². The molecule has 0 aromatic carbocycles. The second kappa shape index (κ2) is 10.8. The van der Waals surface area contributed by atoms with Crippen molar-refractivity contribution in [1.29, 1.82) is 0 Å². The highest BCUT2D eigenvalue weighted by Gasteiger charge is 2.42. The number of ether oxygens (including phenoxy) is 2. The van der Waals surface area contributed by atoms with Gasteiger partial charge in [0, 0.05) is 19.6 Å². The predicted molar refractivity (Wildman–Crippen MR) is 114 cm³/mol. The van der Waals surface area contributed by atoms with Crippen LogP contribution >= 0.6 is 0 Å². The van der Waals surface area contributed by atoms with Crippen LogP contribution in [0.25, 0.3) is 0 Å². The maximum atomic E-state index is 13.0. The minimum absolute atomic E-state index is 0.0102. The summed E-state index contributed by atoms with van der Waals surface area (Å²) in [6.45, 7) is -0.341. The van der Waals surface area contributed by atoms with Gasteiger partial charge in [-0.3, -0.25) is 4.98 Å². The molecule has 0 amide bonds. The van der Waals surface area contributed by atoms with E-state index in [-0.39, 0.29) is 43.8 Å². The Morgan fingerprint density at radius 1 is 1.08 bits per heavy atom. The van der Waals surface area contributed by atoms with Crippen molar-refractivity contribution in [3.63, 3.8) is 0 Å². The Balaban J connectivity index is 1.29. The molecule has 0 radical (unpaired) electrons. The Morgan fingerprint density at radius 2 is 1.86 bits per heavy atom. The van der Waals surface area contributed by atoms with E-state index in [1.54, 1.807) is 0 Å². The summed E-state index contributed by atoms with van der Waals surface area (Å²) in [4.78, 5) is 16.4. The van der Waals surface area contributed by atoms with Crippen molar-refractivity contribution in [3.8, 4) is 5.88 Å². The zero-order valence-corrected chi connectivity index (χ0v) is 18.9. The van der Waals surface area contributed by atoms with E-state index in [2.05, 4.69) is 30.6 Å². The van der Waals surface area contributed by atoms with Gasteiger partial charge in [-0.1, -0.05) is 0 Å². The van der Waals surface area contributed by atoms with Crippen molar-refractivity contribution in [2.24, 2.45) is 0 Å². The summed E-state index contributed by atoms with van der Waals surface area (Å²) in [6.07, 6.45) is -8.96. The molecule has 17 heteroatoms. The van der Waals surface area contributed by atoms with Crippen LogP contribution in [-0.4, -0.2) is 99.6 Å². The number of anilines is 2. The average molecular weight is 539 g/mol. The third-order valence-electron chi connectivity index (χ3n) is 5.80. The lowest BCUT2D eigenvalue weighted by atomic mass is 9.98. The molecule has 37 heavy (non-hydrogen) atoms. The van der Waals surface area contributed by atoms with Crippen LogP contribution in [0.2, 0.25) is 0 Å². The molecule has 2 aromatic rings. The first-order chi connectivity index (χ1) is 17.4. The van der Waals surface area contributed by atoms with E-state index in [1.165, 1.54) is 17.3 Å². The van der Waals surface area contributed by atoms with Gasteiger partial charge in [0.15, 0.2) is 5.69 Å². The monoisotopic (exact) mass is 539 g/mol. The van der Waals surface area contributed by atoms with E-state index in [0.29, 0.717) is 12.7 Å². The van der Waals surface area contributed by atoms with Crippen LogP contribution in [-0.2, 0) is 10.9 Å². The lowest BCUT2D eigenvalue weighted by molar-refractivity contribution is -0.155. The largest absolute Gasteiger partial charge is 0.474 e. The number of aliphatic hydroxyl groups excluding tert-OH is 2. The quantitative estimate of drug-likeness (QED) is 0.384. The van der Waals surface area contributed by atoms with Crippen LogP contribution in [0.1, 0.15) is 5.69 Å². The minimum atomic E-state index is -4.70. The van der Waals surface area contributed by atoms with Crippen LogP contribution in [0.4, 0.5) is 38.0 Å². The zero-order valence-electron chi connectivity index (χ0n) is 18.9. The summed E-state index contributed by atoms with van der Waals surface area (Å²) in [5.74, 6) is -0.0131. The molecule has 2 aromatic heterocycles. The van der Waals surface area contributed by atoms with Crippen molar-refractivity contribution in [1.82, 2.24) is 25.3 Å². The Labute approximate surface area is 205 Å². The number of piperazine rings is 1. The summed E-state index contributed by atoms with van der Waals surface area (Å²) in [5.41, 5.74) is -1.22. The number of hydrogen-bond donors (Lipinski definition) is 4. The van der Waals surface area contributed by atoms with Crippen LogP contribution in [0.15, 0.2) is 24.8 Å². The smallest absolute Gasteiger partial charge is 0.434 e. The molecule has 4 heterocycles. The maximum Gasteiger partial charge on any atom is 0.434 e. The Bertz CT molecular complexity index is 1050. The Morgan fingerprint density at radius 3 is 2.54 bits per heavy atom. The van der Waals surface area contributed by atoms with Crippen LogP contribution in [0, 0.1) is 0 Å². The van der Waals surface area contributed by atoms with Crippen LogP contribution < -0.4 is 20.3 Å². The number of rotatable bonds is 6. The minimum Gasteiger partial charge on any atom is -0.474 e. The summed E-state index contributed by atoms with van der Waals surface area (Å²) >= 11 is 0. The number of alkyl halides is 6. The van der Waals surface area contributed by atoms with Gasteiger partial charge in [0.1, 0.15) is 42.6 Å². The summed E-state index contributed by atoms with van der Waals surface area (Å²) in [5, 5.41) is 25.8. The number of aliphatic hydroxyl groups is 2. The highest BCUT2D eigenvalue weighted by molar-refractivity contribution is 5.38. The average Bonchev–Trinajstić information content (AvgIpc) is 2.86. The Kier molecular flexibility index (Phi) is 7.86. The van der Waals surface area contributed by atoms with Crippen LogP contribution in [0.5, 0.6) is 5.88 Å². The summed E-state index contributed by atoms with van der Waals surface area (Å²) in [7, 11) is 0. The molecular weight excluding hydrogens is 516 g/mol. The molecule has 204 valence electrons. The molecule has 2 saturated heterocycles. The second-order valence-electron chi connectivity index (χ2n) is 8.41. The van der Waals surface area contributed by atoms with Gasteiger partial charge in [-0.25, -0.2) is 15.0 Å². The van der Waals surface area contributed by atoms with Gasteiger partial charge in [-0.05, 0) is 0 Å². The highest BCUT2D eigenvalue weighted by atomic mass is 19.4. The van der Waals surface area contributed by atoms with Gasteiger partial charge in [0.2, 0.25) is 5.88 Å². The second-order valence-corrected chi connectivity index (χ2v) is 8.41. The summed E-state index contributed by atoms with van der Waals surface area (Å²) in [6, 6.07) is -2.67. The topological polar surface area (TPSA) is 138 Å². The first-order valence-corrected chi connectivity index (χ1v) is 11.0. The molecule has 4 N–H and O–H groups in total. The van der Waals surface area contributed by atoms with E-state index >= 15 is 0 Å². The molecule has 0 spiro atoms. The molecule has 5 atom stereocenters. The molecule has 0 bridgehead atoms. The van der Waals surface area contributed by atoms with E-state index < -0.39 is 48.4 Å². The van der Waals surface area contributed by atoms with E-state index in [1.807, 2.05) is 0 Å². The highest BCUT2D eigenvalue weighted by Crippen LogP contribution is 2.28. The maximum absolute atomic E-state index is 13.0. The Hall–Kier alpha value is -3.02. The van der Waals surface area contributed by atoms with Gasteiger partial charge in [0.05, 0.1) is 37.4 Å². The van der Waals surface area contributed by atoms with Crippen LogP contribution in [0.3, 0.4) is 0 Å². The SMILES string of the molecule is O[C@@H]1[C@H](O)[C@@H](Nc2cncc(C(F)(F)F)n2)CO[C@@H]1COc1cnc(N2CCNC(C(F)(F)F)C2)cn1. The molecule has 0 saturated carbocycles. The third kappa shape index (κ3) is 6.65. The molecule has 2 aliphatic heterocycles. The van der Waals surface area contributed by atoms with Crippen molar-refractivity contribution >= 4 is 11.6 Å². The third-order valence-corrected chi connectivity index (χ3v) is 5.80. The number of nitrogens with zero attached hydrogens (tertiary/aromatic N) is 5. The first-order valence-electron chi connectivity index (χ1n) is 11.0. The van der Waals surface area contributed by atoms with Gasteiger partial charge < -0.3 is 35.2 Å². The number of halogens is 6. The molecule has 2 fully saturated rings. The fourth-order valence-corrected chi connectivity index (χ4v) is 3.81. The lowest BCUT2D eigenvalue weighted by Crippen LogP contribution is -2.57. The molecular formula is C20H23F6N7O4. The van der Waals surface area contributed by atoms with E-state index in [9.17, 15) is 36.6 Å². The van der Waals surface area contributed by atoms with Crippen molar-refractivity contribution in [2.75, 3.05) is 43.1 Å². The van der Waals surface area contributed by atoms with Crippen molar-refractivity contribution in [3.05, 3.63) is 30.5 Å².